The number of hydrogen-bond acceptors (Lipinski definition) is 2. The second-order valence-corrected chi connectivity index (χ2v) is 5.71. The Bertz CT molecular complexity index is 351. The molecule has 17 heavy (non-hydrogen) atoms. The summed E-state index contributed by atoms with van der Waals surface area (Å²) in [5, 5.41) is 13.6. The van der Waals surface area contributed by atoms with E-state index in [2.05, 4.69) is 26.1 Å². The molecular weight excluding hydrogens is 217 g/mol. The maximum absolute atomic E-state index is 12.8. The zero-order valence-corrected chi connectivity index (χ0v) is 11.0. The fraction of sp³-hybridized carbons (Fsp3) is 0.571. The summed E-state index contributed by atoms with van der Waals surface area (Å²) >= 11 is 0. The van der Waals surface area contributed by atoms with Crippen molar-refractivity contribution in [1.29, 1.82) is 0 Å². The van der Waals surface area contributed by atoms with E-state index in [1.807, 2.05) is 0 Å². The van der Waals surface area contributed by atoms with Gasteiger partial charge < -0.3 is 10.4 Å². The summed E-state index contributed by atoms with van der Waals surface area (Å²) in [4.78, 5) is 0. The maximum Gasteiger partial charge on any atom is 0.123 e. The Hall–Kier alpha value is -0.930. The van der Waals surface area contributed by atoms with Crippen molar-refractivity contribution in [1.82, 2.24) is 5.32 Å². The molecule has 96 valence electrons. The Morgan fingerprint density at radius 2 is 1.65 bits per heavy atom. The van der Waals surface area contributed by atoms with Gasteiger partial charge in [0.05, 0.1) is 5.60 Å². The van der Waals surface area contributed by atoms with Crippen LogP contribution in [0.25, 0.3) is 0 Å². The lowest BCUT2D eigenvalue weighted by Crippen LogP contribution is -2.39. The topological polar surface area (TPSA) is 32.3 Å². The number of hydrogen-bond donors (Lipinski definition) is 2. The highest BCUT2D eigenvalue weighted by Crippen LogP contribution is 2.24. The van der Waals surface area contributed by atoms with Gasteiger partial charge in [0.15, 0.2) is 0 Å². The molecule has 0 heterocycles. The van der Waals surface area contributed by atoms with Gasteiger partial charge in [0, 0.05) is 5.54 Å². The van der Waals surface area contributed by atoms with Gasteiger partial charge in [0.1, 0.15) is 5.82 Å². The SMILES string of the molecule is CC(C)(C)NCCC(C)(O)c1ccc(F)cc1. The average molecular weight is 239 g/mol. The summed E-state index contributed by atoms with van der Waals surface area (Å²) in [6.07, 6.45) is 0.593. The van der Waals surface area contributed by atoms with Crippen LogP contribution in [0.2, 0.25) is 0 Å². The van der Waals surface area contributed by atoms with Gasteiger partial charge in [-0.3, -0.25) is 0 Å². The van der Waals surface area contributed by atoms with Crippen molar-refractivity contribution in [2.45, 2.75) is 45.3 Å². The van der Waals surface area contributed by atoms with Gasteiger partial charge in [-0.2, -0.15) is 0 Å². The first kappa shape index (κ1) is 14.1. The van der Waals surface area contributed by atoms with Crippen LogP contribution in [0.4, 0.5) is 4.39 Å². The highest BCUT2D eigenvalue weighted by Gasteiger charge is 2.23. The molecule has 1 aromatic rings. The molecular formula is C14H22FNO. The van der Waals surface area contributed by atoms with Crippen LogP contribution >= 0.6 is 0 Å². The number of nitrogens with one attached hydrogen (secondary N) is 1. The first-order valence-corrected chi connectivity index (χ1v) is 5.94. The molecule has 0 bridgehead atoms. The highest BCUT2D eigenvalue weighted by atomic mass is 19.1. The van der Waals surface area contributed by atoms with Crippen LogP contribution in [-0.2, 0) is 5.60 Å². The quantitative estimate of drug-likeness (QED) is 0.846. The van der Waals surface area contributed by atoms with Gasteiger partial charge in [-0.25, -0.2) is 4.39 Å². The molecule has 1 unspecified atom stereocenters. The van der Waals surface area contributed by atoms with Crippen LogP contribution in [0, 0.1) is 5.82 Å². The summed E-state index contributed by atoms with van der Waals surface area (Å²) < 4.78 is 12.8. The van der Waals surface area contributed by atoms with Gasteiger partial charge in [-0.1, -0.05) is 12.1 Å². The molecule has 0 aliphatic carbocycles. The average Bonchev–Trinajstić information content (AvgIpc) is 2.15. The van der Waals surface area contributed by atoms with E-state index in [0.717, 1.165) is 5.56 Å². The molecule has 2 N–H and O–H groups in total. The molecule has 0 saturated carbocycles. The molecule has 0 aromatic heterocycles. The fourth-order valence-electron chi connectivity index (χ4n) is 1.63. The third-order valence-corrected chi connectivity index (χ3v) is 2.73. The first-order chi connectivity index (χ1) is 7.71. The molecule has 3 heteroatoms. The Balaban J connectivity index is 2.59. The molecule has 2 nitrogen and oxygen atoms in total. The Labute approximate surface area is 103 Å². The summed E-state index contributed by atoms with van der Waals surface area (Å²) in [5.74, 6) is -0.280. The van der Waals surface area contributed by atoms with E-state index in [4.69, 9.17) is 0 Å². The van der Waals surface area contributed by atoms with Crippen LogP contribution in [0.15, 0.2) is 24.3 Å². The van der Waals surface area contributed by atoms with Gasteiger partial charge in [-0.15, -0.1) is 0 Å². The van der Waals surface area contributed by atoms with Gasteiger partial charge in [-0.05, 0) is 58.4 Å². The van der Waals surface area contributed by atoms with Crippen molar-refractivity contribution in [3.63, 3.8) is 0 Å². The number of halogens is 1. The van der Waals surface area contributed by atoms with Crippen molar-refractivity contribution < 1.29 is 9.50 Å². The number of benzene rings is 1. The third kappa shape index (κ3) is 4.84. The Morgan fingerprint density at radius 1 is 1.12 bits per heavy atom. The predicted octanol–water partition coefficient (Wildman–Crippen LogP) is 2.81. The number of rotatable bonds is 4. The molecule has 0 aliphatic rings. The Kier molecular flexibility index (Phi) is 4.28. The lowest BCUT2D eigenvalue weighted by molar-refractivity contribution is 0.0463. The molecule has 0 saturated heterocycles. The summed E-state index contributed by atoms with van der Waals surface area (Å²) in [7, 11) is 0. The van der Waals surface area contributed by atoms with Gasteiger partial charge in [0.2, 0.25) is 0 Å². The molecule has 1 rings (SSSR count). The van der Waals surface area contributed by atoms with E-state index in [-0.39, 0.29) is 11.4 Å². The smallest absolute Gasteiger partial charge is 0.123 e. The van der Waals surface area contributed by atoms with Crippen LogP contribution < -0.4 is 5.32 Å². The third-order valence-electron chi connectivity index (χ3n) is 2.73. The van der Waals surface area contributed by atoms with Crippen LogP contribution in [0.5, 0.6) is 0 Å². The summed E-state index contributed by atoms with van der Waals surface area (Å²) in [6, 6.07) is 6.01. The predicted molar refractivity (Wildman–Crippen MR) is 68.3 cm³/mol. The minimum absolute atomic E-state index is 0.0406. The normalized spacial score (nSPS) is 15.6. The first-order valence-electron chi connectivity index (χ1n) is 5.94. The molecule has 0 fully saturated rings. The van der Waals surface area contributed by atoms with Crippen LogP contribution in [0.3, 0.4) is 0 Å². The largest absolute Gasteiger partial charge is 0.385 e. The van der Waals surface area contributed by atoms with E-state index < -0.39 is 5.60 Å². The van der Waals surface area contributed by atoms with Crippen molar-refractivity contribution in [3.8, 4) is 0 Å². The zero-order chi connectivity index (χ0) is 13.1. The molecule has 0 spiro atoms. The van der Waals surface area contributed by atoms with Gasteiger partial charge in [0.25, 0.3) is 0 Å². The second-order valence-electron chi connectivity index (χ2n) is 5.71. The minimum Gasteiger partial charge on any atom is -0.385 e. The van der Waals surface area contributed by atoms with E-state index in [9.17, 15) is 9.50 Å². The van der Waals surface area contributed by atoms with Gasteiger partial charge >= 0.3 is 0 Å². The zero-order valence-electron chi connectivity index (χ0n) is 11.0. The summed E-state index contributed by atoms with van der Waals surface area (Å²) in [6.45, 7) is 8.72. The maximum atomic E-state index is 12.8. The standard InChI is InChI=1S/C14H22FNO/c1-13(2,3)16-10-9-14(4,17)11-5-7-12(15)8-6-11/h5-8,16-17H,9-10H2,1-4H3. The fourth-order valence-corrected chi connectivity index (χ4v) is 1.63. The Morgan fingerprint density at radius 3 is 2.12 bits per heavy atom. The van der Waals surface area contributed by atoms with Crippen LogP contribution in [-0.4, -0.2) is 17.2 Å². The molecule has 1 aromatic carbocycles. The minimum atomic E-state index is -0.925. The van der Waals surface area contributed by atoms with Crippen molar-refractivity contribution >= 4 is 0 Å². The highest BCUT2D eigenvalue weighted by molar-refractivity contribution is 5.22. The second kappa shape index (κ2) is 5.15. The van der Waals surface area contributed by atoms with Crippen molar-refractivity contribution in [2.24, 2.45) is 0 Å². The van der Waals surface area contributed by atoms with E-state index in [1.54, 1.807) is 19.1 Å². The molecule has 0 aliphatic heterocycles. The van der Waals surface area contributed by atoms with Crippen molar-refractivity contribution in [3.05, 3.63) is 35.6 Å². The van der Waals surface area contributed by atoms with E-state index >= 15 is 0 Å². The molecule has 0 amide bonds. The lowest BCUT2D eigenvalue weighted by Gasteiger charge is -2.27. The van der Waals surface area contributed by atoms with E-state index in [0.29, 0.717) is 13.0 Å². The summed E-state index contributed by atoms with van der Waals surface area (Å²) in [5.41, 5.74) is -0.139. The lowest BCUT2D eigenvalue weighted by atomic mass is 9.92. The molecule has 1 atom stereocenters. The van der Waals surface area contributed by atoms with E-state index in [1.165, 1.54) is 12.1 Å². The monoisotopic (exact) mass is 239 g/mol. The van der Waals surface area contributed by atoms with Crippen molar-refractivity contribution in [2.75, 3.05) is 6.54 Å². The van der Waals surface area contributed by atoms with Crippen LogP contribution in [0.1, 0.15) is 39.7 Å². The number of aliphatic hydroxyl groups is 1. The molecule has 0 radical (unpaired) electrons.